The summed E-state index contributed by atoms with van der Waals surface area (Å²) in [5, 5.41) is 28.0. The maximum absolute atomic E-state index is 13.4. The summed E-state index contributed by atoms with van der Waals surface area (Å²) in [4.78, 5) is 71.9. The van der Waals surface area contributed by atoms with Crippen molar-refractivity contribution in [1.82, 2.24) is 0 Å². The zero-order valence-corrected chi connectivity index (χ0v) is 36.9. The van der Waals surface area contributed by atoms with Crippen LogP contribution >= 0.6 is 0 Å². The zero-order valence-electron chi connectivity index (χ0n) is 36.9. The lowest BCUT2D eigenvalue weighted by atomic mass is 10.0. The average Bonchev–Trinajstić information content (AvgIpc) is 3.35. The number of ether oxygens (including phenoxy) is 2. The number of aryl methyl sites for hydroxylation is 4. The minimum absolute atomic E-state index is 0.0579. The molecule has 0 unspecified atom stereocenters. The first-order valence-electron chi connectivity index (χ1n) is 21.4. The molecule has 0 aromatic heterocycles. The Bertz CT molecular complexity index is 2720. The number of nitro groups is 2. The Morgan fingerprint density at radius 3 is 1.30 bits per heavy atom. The third-order valence-corrected chi connectivity index (χ3v) is 11.1. The Morgan fingerprint density at radius 2 is 0.910 bits per heavy atom. The van der Waals surface area contributed by atoms with Gasteiger partial charge < -0.3 is 25.0 Å². The molecule has 1 heterocycles. The number of carbonyl (C=O) groups is 4. The maximum atomic E-state index is 13.4. The van der Waals surface area contributed by atoms with Crippen molar-refractivity contribution in [3.05, 3.63) is 204 Å². The predicted octanol–water partition coefficient (Wildman–Crippen LogP) is 9.97. The van der Waals surface area contributed by atoms with E-state index in [1.807, 2.05) is 48.5 Å². The highest BCUT2D eigenvalue weighted by atomic mass is 19.1. The van der Waals surface area contributed by atoms with E-state index in [0.717, 1.165) is 97.8 Å². The molecule has 1 aliphatic heterocycles. The van der Waals surface area contributed by atoms with Gasteiger partial charge in [0.15, 0.2) is 0 Å². The number of carbonyl (C=O) groups excluding carboxylic acids is 4. The first kappa shape index (κ1) is 48.2. The first-order chi connectivity index (χ1) is 32.3. The quantitative estimate of drug-likeness (QED) is 0.0564. The number of piperidine rings is 1. The number of hydrogen-bond acceptors (Lipinski definition) is 11. The number of nitrogens with one attached hydrogen (secondary N) is 2. The highest BCUT2D eigenvalue weighted by molar-refractivity contribution is 6.08. The minimum atomic E-state index is -0.760. The fraction of sp³-hybridized carbons (Fsp3) is 0.216. The fourth-order valence-electron chi connectivity index (χ4n) is 7.40. The van der Waals surface area contributed by atoms with Gasteiger partial charge in [0, 0.05) is 42.3 Å². The van der Waals surface area contributed by atoms with Crippen LogP contribution in [0.15, 0.2) is 133 Å². The fourth-order valence-corrected chi connectivity index (χ4v) is 7.40. The number of nitrogens with zero attached hydrogens (tertiary/aromatic N) is 3. The lowest BCUT2D eigenvalue weighted by Crippen LogP contribution is -2.29. The molecule has 0 radical (unpaired) electrons. The van der Waals surface area contributed by atoms with Crippen LogP contribution in [0.4, 0.5) is 32.8 Å². The van der Waals surface area contributed by atoms with Crippen molar-refractivity contribution in [2.45, 2.75) is 44.9 Å². The Kier molecular flexibility index (Phi) is 16.6. The molecule has 16 heteroatoms. The second kappa shape index (κ2) is 23.1. The molecule has 67 heavy (non-hydrogen) atoms. The summed E-state index contributed by atoms with van der Waals surface area (Å²) in [6.07, 6.45) is 6.39. The molecular formula is C51H48FN5O10. The van der Waals surface area contributed by atoms with Crippen molar-refractivity contribution in [3.63, 3.8) is 0 Å². The lowest BCUT2D eigenvalue weighted by Gasteiger charge is -2.29. The van der Waals surface area contributed by atoms with Gasteiger partial charge in [-0.15, -0.1) is 0 Å². The van der Waals surface area contributed by atoms with Crippen LogP contribution in [0, 0.1) is 26.0 Å². The molecule has 0 spiro atoms. The number of benzene rings is 6. The lowest BCUT2D eigenvalue weighted by molar-refractivity contribution is -0.385. The summed E-state index contributed by atoms with van der Waals surface area (Å²) in [5.41, 5.74) is 6.16. The highest BCUT2D eigenvalue weighted by Gasteiger charge is 2.24. The number of esters is 2. The molecule has 344 valence electrons. The van der Waals surface area contributed by atoms with Gasteiger partial charge in [-0.3, -0.25) is 29.8 Å². The van der Waals surface area contributed by atoms with E-state index in [0.29, 0.717) is 22.5 Å². The molecular weight excluding hydrogens is 862 g/mol. The Hall–Kier alpha value is -8.27. The van der Waals surface area contributed by atoms with E-state index in [1.165, 1.54) is 26.7 Å². The van der Waals surface area contributed by atoms with Crippen molar-refractivity contribution in [2.75, 3.05) is 42.8 Å². The van der Waals surface area contributed by atoms with Crippen molar-refractivity contribution >= 4 is 52.2 Å². The number of nitro benzene ring substituents is 2. The van der Waals surface area contributed by atoms with Gasteiger partial charge in [0.25, 0.3) is 23.2 Å². The monoisotopic (exact) mass is 909 g/mol. The zero-order chi connectivity index (χ0) is 47.9. The summed E-state index contributed by atoms with van der Waals surface area (Å²) in [7, 11) is 2.69. The second-order valence-corrected chi connectivity index (χ2v) is 15.6. The number of hydrogen-bond donors (Lipinski definition) is 2. The number of rotatable bonds is 15. The SMILES string of the molecule is COC(=O)c1ccc(CCc2ccc(NC(=O)c3cc(F)ccc3[N+](=O)[O-])cc2)cc1.COC(=O)c1ccc(CCc2ccc(NC(=O)c3cc(N4CCCCC4)ccc3[N+](=O)[O-])cc2)cc1. The van der Waals surface area contributed by atoms with Crippen LogP contribution in [-0.2, 0) is 35.2 Å². The molecule has 0 saturated carbocycles. The summed E-state index contributed by atoms with van der Waals surface area (Å²) in [6.45, 7) is 1.77. The molecule has 0 bridgehead atoms. The number of amides is 2. The largest absolute Gasteiger partial charge is 0.465 e. The Balaban J connectivity index is 0.000000224. The summed E-state index contributed by atoms with van der Waals surface area (Å²) >= 11 is 0. The van der Waals surface area contributed by atoms with Crippen molar-refractivity contribution < 1.29 is 42.9 Å². The van der Waals surface area contributed by atoms with E-state index in [9.17, 15) is 43.8 Å². The molecule has 0 aliphatic carbocycles. The van der Waals surface area contributed by atoms with Gasteiger partial charge in [0.05, 0.1) is 35.2 Å². The summed E-state index contributed by atoms with van der Waals surface area (Å²) < 4.78 is 22.8. The van der Waals surface area contributed by atoms with Crippen LogP contribution in [0.2, 0.25) is 0 Å². The summed E-state index contributed by atoms with van der Waals surface area (Å²) in [6, 6.07) is 36.5. The third kappa shape index (κ3) is 13.4. The minimum Gasteiger partial charge on any atom is -0.465 e. The van der Waals surface area contributed by atoms with Crippen LogP contribution < -0.4 is 15.5 Å². The van der Waals surface area contributed by atoms with Crippen molar-refractivity contribution in [3.8, 4) is 0 Å². The normalized spacial score (nSPS) is 11.9. The van der Waals surface area contributed by atoms with E-state index in [1.54, 1.807) is 60.7 Å². The van der Waals surface area contributed by atoms with E-state index < -0.39 is 33.2 Å². The van der Waals surface area contributed by atoms with Gasteiger partial charge in [-0.2, -0.15) is 0 Å². The average molecular weight is 910 g/mol. The van der Waals surface area contributed by atoms with Crippen LogP contribution in [0.1, 0.15) is 82.9 Å². The predicted molar refractivity (Wildman–Crippen MR) is 251 cm³/mol. The van der Waals surface area contributed by atoms with Crippen LogP contribution in [-0.4, -0.2) is 60.9 Å². The smallest absolute Gasteiger partial charge is 0.337 e. The van der Waals surface area contributed by atoms with E-state index in [2.05, 4.69) is 20.3 Å². The Labute approximate surface area is 385 Å². The van der Waals surface area contributed by atoms with Gasteiger partial charge in [0.1, 0.15) is 16.9 Å². The topological polar surface area (TPSA) is 200 Å². The highest BCUT2D eigenvalue weighted by Crippen LogP contribution is 2.28. The number of methoxy groups -OCH3 is 2. The number of halogens is 1. The molecule has 0 atom stereocenters. The van der Waals surface area contributed by atoms with Crippen LogP contribution in [0.25, 0.3) is 0 Å². The second-order valence-electron chi connectivity index (χ2n) is 15.6. The van der Waals surface area contributed by atoms with Gasteiger partial charge in [-0.25, -0.2) is 14.0 Å². The Morgan fingerprint density at radius 1 is 0.537 bits per heavy atom. The maximum Gasteiger partial charge on any atom is 0.337 e. The molecule has 6 aromatic carbocycles. The van der Waals surface area contributed by atoms with Gasteiger partial charge in [-0.05, 0) is 140 Å². The molecule has 1 saturated heterocycles. The van der Waals surface area contributed by atoms with Gasteiger partial charge >= 0.3 is 11.9 Å². The van der Waals surface area contributed by atoms with Crippen molar-refractivity contribution in [1.29, 1.82) is 0 Å². The van der Waals surface area contributed by atoms with E-state index in [4.69, 9.17) is 4.74 Å². The molecule has 1 fully saturated rings. The standard InChI is InChI=1S/C28H29N3O5.C23H19FN2O5/c1-36-28(33)22-11-7-20(8-12-22)5-6-21-9-13-23(14-10-21)29-27(32)25-19-24(15-16-26(25)31(34)35)30-17-3-2-4-18-30;1-31-23(28)17-8-4-15(5-9-17)2-3-16-6-11-19(12-7-16)25-22(27)20-14-18(24)10-13-21(20)26(29)30/h7-16,19H,2-6,17-18H2,1H3,(H,29,32);4-14H,2-3H2,1H3,(H,25,27). The third-order valence-electron chi connectivity index (χ3n) is 11.1. The molecule has 1 aliphatic rings. The molecule has 2 N–H and O–H groups in total. The summed E-state index contributed by atoms with van der Waals surface area (Å²) in [5.74, 6) is -2.73. The molecule has 7 rings (SSSR count). The van der Waals surface area contributed by atoms with E-state index in [-0.39, 0.29) is 28.8 Å². The van der Waals surface area contributed by atoms with E-state index >= 15 is 0 Å². The van der Waals surface area contributed by atoms with Crippen LogP contribution in [0.5, 0.6) is 0 Å². The molecule has 15 nitrogen and oxygen atoms in total. The van der Waals surface area contributed by atoms with Gasteiger partial charge in [-0.1, -0.05) is 48.5 Å². The van der Waals surface area contributed by atoms with Crippen LogP contribution in [0.3, 0.4) is 0 Å². The van der Waals surface area contributed by atoms with Crippen molar-refractivity contribution in [2.24, 2.45) is 0 Å². The molecule has 2 amide bonds. The number of anilines is 3. The molecule has 6 aromatic rings. The van der Waals surface area contributed by atoms with Gasteiger partial charge in [0.2, 0.25) is 0 Å². The first-order valence-corrected chi connectivity index (χ1v) is 21.4.